The van der Waals surface area contributed by atoms with E-state index < -0.39 is 0 Å². The minimum absolute atomic E-state index is 0.277. The first-order chi connectivity index (χ1) is 8.29. The fraction of sp³-hybridized carbons (Fsp3) is 0. The maximum Gasteiger partial charge on any atom is 0.264 e. The van der Waals surface area contributed by atoms with Crippen LogP contribution in [0.15, 0.2) is 29.0 Å². The molecular formula is C11H6ClN3O2. The van der Waals surface area contributed by atoms with Crippen molar-refractivity contribution in [3.05, 3.63) is 35.2 Å². The summed E-state index contributed by atoms with van der Waals surface area (Å²) in [5, 5.41) is 8.72. The van der Waals surface area contributed by atoms with Gasteiger partial charge in [-0.3, -0.25) is 4.79 Å². The highest BCUT2D eigenvalue weighted by Gasteiger charge is 2.16. The van der Waals surface area contributed by atoms with Crippen molar-refractivity contribution in [2.45, 2.75) is 0 Å². The van der Waals surface area contributed by atoms with E-state index in [1.165, 1.54) is 6.39 Å². The molecule has 17 heavy (non-hydrogen) atoms. The van der Waals surface area contributed by atoms with Crippen molar-refractivity contribution >= 4 is 28.8 Å². The number of halogens is 1. The summed E-state index contributed by atoms with van der Waals surface area (Å²) in [4.78, 5) is 14.2. The van der Waals surface area contributed by atoms with E-state index in [0.29, 0.717) is 16.3 Å². The highest BCUT2D eigenvalue weighted by Crippen LogP contribution is 2.29. The number of nitrogens with one attached hydrogen (secondary N) is 1. The summed E-state index contributed by atoms with van der Waals surface area (Å²) in [6.07, 6.45) is 1.97. The van der Waals surface area contributed by atoms with Gasteiger partial charge < -0.3 is 9.40 Å². The molecule has 2 aromatic heterocycles. The number of H-pyrrole nitrogens is 1. The topological polar surface area (TPSA) is 71.8 Å². The predicted molar refractivity (Wildman–Crippen MR) is 62.0 cm³/mol. The molecular weight excluding hydrogens is 242 g/mol. The minimum Gasteiger partial charge on any atom is -0.422 e. The van der Waals surface area contributed by atoms with Crippen molar-refractivity contribution < 1.29 is 9.21 Å². The third-order valence-corrected chi connectivity index (χ3v) is 2.73. The van der Waals surface area contributed by atoms with E-state index in [2.05, 4.69) is 15.2 Å². The Labute approximate surface area is 100 Å². The van der Waals surface area contributed by atoms with Crippen molar-refractivity contribution in [1.29, 1.82) is 0 Å². The van der Waals surface area contributed by atoms with Crippen LogP contribution in [0.1, 0.15) is 10.4 Å². The van der Waals surface area contributed by atoms with Gasteiger partial charge >= 0.3 is 0 Å². The van der Waals surface area contributed by atoms with Gasteiger partial charge in [0.25, 0.3) is 5.89 Å². The number of aromatic amines is 1. The summed E-state index contributed by atoms with van der Waals surface area (Å²) in [7, 11) is 0. The number of carbonyl (C=O) groups excluding carboxylic acids is 1. The molecule has 0 unspecified atom stereocenters. The number of hydrogen-bond acceptors (Lipinski definition) is 4. The van der Waals surface area contributed by atoms with Crippen molar-refractivity contribution in [2.24, 2.45) is 0 Å². The molecule has 0 atom stereocenters. The highest BCUT2D eigenvalue weighted by molar-refractivity contribution is 6.31. The number of fused-ring (bicyclic) bond motifs is 1. The molecule has 0 saturated carbocycles. The van der Waals surface area contributed by atoms with Crippen LogP contribution >= 0.6 is 11.6 Å². The SMILES string of the molecule is O=Cc1c(-c2nnco2)[nH]c2cc(Cl)ccc12. The first-order valence-corrected chi connectivity index (χ1v) is 5.20. The first kappa shape index (κ1) is 10.0. The average Bonchev–Trinajstić information content (AvgIpc) is 2.94. The Hall–Kier alpha value is -2.14. The van der Waals surface area contributed by atoms with Crippen molar-refractivity contribution in [3.8, 4) is 11.6 Å². The molecule has 0 spiro atoms. The van der Waals surface area contributed by atoms with Crippen LogP contribution in [0.4, 0.5) is 0 Å². The van der Waals surface area contributed by atoms with Gasteiger partial charge in [0, 0.05) is 15.9 Å². The molecule has 0 bridgehead atoms. The molecule has 0 aliphatic heterocycles. The third-order valence-electron chi connectivity index (χ3n) is 2.49. The van der Waals surface area contributed by atoms with Gasteiger partial charge in [-0.1, -0.05) is 17.7 Å². The van der Waals surface area contributed by atoms with Gasteiger partial charge in [0.05, 0.1) is 5.56 Å². The third kappa shape index (κ3) is 1.52. The molecule has 0 radical (unpaired) electrons. The zero-order valence-electron chi connectivity index (χ0n) is 8.48. The second kappa shape index (κ2) is 3.71. The lowest BCUT2D eigenvalue weighted by Gasteiger charge is -1.91. The van der Waals surface area contributed by atoms with E-state index in [1.807, 2.05) is 0 Å². The van der Waals surface area contributed by atoms with E-state index in [0.717, 1.165) is 17.2 Å². The van der Waals surface area contributed by atoms with E-state index >= 15 is 0 Å². The van der Waals surface area contributed by atoms with Gasteiger partial charge in [0.15, 0.2) is 6.29 Å². The number of aldehydes is 1. The lowest BCUT2D eigenvalue weighted by Crippen LogP contribution is -1.84. The number of hydrogen-bond donors (Lipinski definition) is 1. The number of rotatable bonds is 2. The van der Waals surface area contributed by atoms with Crippen LogP contribution in [0.2, 0.25) is 5.02 Å². The Morgan fingerprint density at radius 2 is 2.29 bits per heavy atom. The molecule has 0 aliphatic rings. The molecule has 0 fully saturated rings. The molecule has 2 heterocycles. The highest BCUT2D eigenvalue weighted by atomic mass is 35.5. The fourth-order valence-electron chi connectivity index (χ4n) is 1.76. The second-order valence-corrected chi connectivity index (χ2v) is 3.90. The van der Waals surface area contributed by atoms with Crippen LogP contribution in [0.25, 0.3) is 22.5 Å². The summed E-state index contributed by atoms with van der Waals surface area (Å²) < 4.78 is 5.08. The normalized spacial score (nSPS) is 10.9. The number of aromatic nitrogens is 3. The van der Waals surface area contributed by atoms with Crippen LogP contribution < -0.4 is 0 Å². The minimum atomic E-state index is 0.277. The molecule has 3 aromatic rings. The van der Waals surface area contributed by atoms with Crippen molar-refractivity contribution in [3.63, 3.8) is 0 Å². The summed E-state index contributed by atoms with van der Waals surface area (Å²) in [5.41, 5.74) is 1.75. The maximum atomic E-state index is 11.1. The fourth-order valence-corrected chi connectivity index (χ4v) is 1.94. The molecule has 0 amide bonds. The lowest BCUT2D eigenvalue weighted by molar-refractivity contribution is 0.112. The van der Waals surface area contributed by atoms with Crippen LogP contribution in [-0.2, 0) is 0 Å². The van der Waals surface area contributed by atoms with E-state index in [1.54, 1.807) is 18.2 Å². The summed E-state index contributed by atoms with van der Waals surface area (Å²) >= 11 is 5.89. The Morgan fingerprint density at radius 1 is 1.41 bits per heavy atom. The monoisotopic (exact) mass is 247 g/mol. The van der Waals surface area contributed by atoms with E-state index in [-0.39, 0.29) is 5.89 Å². The molecule has 5 nitrogen and oxygen atoms in total. The zero-order valence-corrected chi connectivity index (χ0v) is 9.23. The molecule has 1 N–H and O–H groups in total. The lowest BCUT2D eigenvalue weighted by atomic mass is 10.1. The predicted octanol–water partition coefficient (Wildman–Crippen LogP) is 2.68. The van der Waals surface area contributed by atoms with Crippen molar-refractivity contribution in [1.82, 2.24) is 15.2 Å². The van der Waals surface area contributed by atoms with Crippen LogP contribution in [0.3, 0.4) is 0 Å². The maximum absolute atomic E-state index is 11.1. The Balaban J connectivity index is 2.35. The van der Waals surface area contributed by atoms with Crippen LogP contribution in [0.5, 0.6) is 0 Å². The molecule has 0 aliphatic carbocycles. The average molecular weight is 248 g/mol. The van der Waals surface area contributed by atoms with Gasteiger partial charge in [-0.05, 0) is 12.1 Å². The molecule has 6 heteroatoms. The Morgan fingerprint density at radius 3 is 3.00 bits per heavy atom. The number of carbonyl (C=O) groups is 1. The summed E-state index contributed by atoms with van der Waals surface area (Å²) in [6, 6.07) is 5.24. The smallest absolute Gasteiger partial charge is 0.264 e. The molecule has 1 aromatic carbocycles. The first-order valence-electron chi connectivity index (χ1n) is 4.82. The summed E-state index contributed by atoms with van der Waals surface area (Å²) in [5.74, 6) is 0.277. The molecule has 84 valence electrons. The van der Waals surface area contributed by atoms with Gasteiger partial charge in [0.2, 0.25) is 6.39 Å². The van der Waals surface area contributed by atoms with Crippen LogP contribution in [-0.4, -0.2) is 21.5 Å². The Bertz CT molecular complexity index is 688. The van der Waals surface area contributed by atoms with Crippen molar-refractivity contribution in [2.75, 3.05) is 0 Å². The quantitative estimate of drug-likeness (QED) is 0.707. The van der Waals surface area contributed by atoms with Gasteiger partial charge in [0.1, 0.15) is 5.69 Å². The van der Waals surface area contributed by atoms with E-state index in [4.69, 9.17) is 16.0 Å². The van der Waals surface area contributed by atoms with E-state index in [9.17, 15) is 4.79 Å². The molecule has 3 rings (SSSR count). The number of nitrogens with zero attached hydrogens (tertiary/aromatic N) is 2. The van der Waals surface area contributed by atoms with Gasteiger partial charge in [-0.15, -0.1) is 10.2 Å². The Kier molecular flexibility index (Phi) is 2.19. The second-order valence-electron chi connectivity index (χ2n) is 3.47. The summed E-state index contributed by atoms with van der Waals surface area (Å²) in [6.45, 7) is 0. The van der Waals surface area contributed by atoms with Crippen LogP contribution in [0, 0.1) is 0 Å². The standard InChI is InChI=1S/C11H6ClN3O2/c12-6-1-2-7-8(4-16)10(14-9(7)3-6)11-15-13-5-17-11/h1-5,14H. The van der Waals surface area contributed by atoms with Gasteiger partial charge in [-0.25, -0.2) is 0 Å². The largest absolute Gasteiger partial charge is 0.422 e. The molecule has 0 saturated heterocycles. The zero-order chi connectivity index (χ0) is 11.8. The number of benzene rings is 1. The van der Waals surface area contributed by atoms with Gasteiger partial charge in [-0.2, -0.15) is 0 Å².